The van der Waals surface area contributed by atoms with Crippen molar-refractivity contribution in [2.75, 3.05) is 7.11 Å². The second kappa shape index (κ2) is 8.63. The molecule has 5 heteroatoms. The van der Waals surface area contributed by atoms with Gasteiger partial charge in [-0.2, -0.15) is 0 Å². The molecule has 0 bridgehead atoms. The lowest BCUT2D eigenvalue weighted by Crippen LogP contribution is -2.41. The zero-order valence-electron chi connectivity index (χ0n) is 13.5. The van der Waals surface area contributed by atoms with Crippen LogP contribution in [-0.4, -0.2) is 23.2 Å². The molecule has 0 aliphatic rings. The maximum atomic E-state index is 11.7. The van der Waals surface area contributed by atoms with E-state index in [1.807, 2.05) is 0 Å². The average molecular weight is 309 g/mol. The molecule has 0 saturated carbocycles. The van der Waals surface area contributed by atoms with Gasteiger partial charge in [0, 0.05) is 0 Å². The van der Waals surface area contributed by atoms with E-state index in [9.17, 15) is 15.0 Å². The van der Waals surface area contributed by atoms with Crippen LogP contribution in [0, 0.1) is 0 Å². The quantitative estimate of drug-likeness (QED) is 0.579. The minimum Gasteiger partial charge on any atom is -0.504 e. The number of phenols is 1. The normalized spacial score (nSPS) is 13.6. The molecule has 0 aliphatic heterocycles. The number of aromatic hydroxyl groups is 1. The molecule has 0 aromatic heterocycles. The van der Waals surface area contributed by atoms with E-state index in [0.717, 1.165) is 12.8 Å². The summed E-state index contributed by atoms with van der Waals surface area (Å²) in [7, 11) is 1.41. The van der Waals surface area contributed by atoms with Crippen LogP contribution in [0.25, 0.3) is 0 Å². The molecule has 1 atom stereocenters. The van der Waals surface area contributed by atoms with Crippen molar-refractivity contribution in [3.8, 4) is 11.5 Å². The first-order valence-corrected chi connectivity index (χ1v) is 7.85. The number of unbranched alkanes of at least 4 members (excludes halogenated alkanes) is 5. The molecule has 124 valence electrons. The molecule has 4 N–H and O–H groups in total. The van der Waals surface area contributed by atoms with E-state index in [2.05, 4.69) is 6.92 Å². The molecule has 5 nitrogen and oxygen atoms in total. The maximum absolute atomic E-state index is 11.7. The van der Waals surface area contributed by atoms with E-state index in [1.165, 1.54) is 44.6 Å². The van der Waals surface area contributed by atoms with Crippen LogP contribution in [0.5, 0.6) is 11.5 Å². The van der Waals surface area contributed by atoms with E-state index in [1.54, 1.807) is 0 Å². The fourth-order valence-electron chi connectivity index (χ4n) is 2.51. The molecule has 0 radical (unpaired) electrons. The Morgan fingerprint density at radius 1 is 1.23 bits per heavy atom. The zero-order valence-corrected chi connectivity index (χ0v) is 13.5. The number of hydrogen-bond donors (Lipinski definition) is 3. The minimum absolute atomic E-state index is 0.0439. The van der Waals surface area contributed by atoms with Crippen molar-refractivity contribution < 1.29 is 19.7 Å². The van der Waals surface area contributed by atoms with Gasteiger partial charge in [0.1, 0.15) is 0 Å². The van der Waals surface area contributed by atoms with Gasteiger partial charge in [0.2, 0.25) is 0 Å². The number of methoxy groups -OCH3 is 1. The summed E-state index contributed by atoms with van der Waals surface area (Å²) in [5.41, 5.74) is 4.02. The molecular formula is C17H27NO4. The number of carbonyl (C=O) groups is 1. The van der Waals surface area contributed by atoms with Crippen molar-refractivity contribution in [3.05, 3.63) is 23.8 Å². The predicted molar refractivity (Wildman–Crippen MR) is 85.7 cm³/mol. The van der Waals surface area contributed by atoms with Gasteiger partial charge in [-0.1, -0.05) is 45.1 Å². The van der Waals surface area contributed by atoms with E-state index < -0.39 is 11.5 Å². The molecule has 1 aromatic rings. The van der Waals surface area contributed by atoms with Gasteiger partial charge in [0.05, 0.1) is 7.11 Å². The molecule has 0 fully saturated rings. The average Bonchev–Trinajstić information content (AvgIpc) is 2.50. The Morgan fingerprint density at radius 2 is 1.86 bits per heavy atom. The summed E-state index contributed by atoms with van der Waals surface area (Å²) in [6, 6.07) is 4.35. The Kier molecular flexibility index (Phi) is 7.18. The SMILES string of the molecule is CCCCCCCCC(O)(C(N)=O)c1ccc(O)c(OC)c1. The number of aliphatic hydroxyl groups is 1. The van der Waals surface area contributed by atoms with E-state index >= 15 is 0 Å². The Bertz CT molecular complexity index is 490. The second-order valence-corrected chi connectivity index (χ2v) is 5.63. The smallest absolute Gasteiger partial charge is 0.254 e. The van der Waals surface area contributed by atoms with Gasteiger partial charge in [0.15, 0.2) is 17.1 Å². The fourth-order valence-corrected chi connectivity index (χ4v) is 2.51. The highest BCUT2D eigenvalue weighted by atomic mass is 16.5. The summed E-state index contributed by atoms with van der Waals surface area (Å²) in [5, 5.41) is 20.3. The zero-order chi connectivity index (χ0) is 16.6. The number of amides is 1. The Balaban J connectivity index is 2.76. The van der Waals surface area contributed by atoms with Gasteiger partial charge >= 0.3 is 0 Å². The number of nitrogens with two attached hydrogens (primary N) is 1. The Labute approximate surface area is 132 Å². The standard InChI is InChI=1S/C17H27NO4/c1-3-4-5-6-7-8-11-17(21,16(18)20)13-9-10-14(19)15(12-13)22-2/h9-10,12,19,21H,3-8,11H2,1-2H3,(H2,18,20). The summed E-state index contributed by atoms with van der Waals surface area (Å²) < 4.78 is 5.02. The first-order valence-electron chi connectivity index (χ1n) is 7.85. The molecule has 1 unspecified atom stereocenters. The van der Waals surface area contributed by atoms with Crippen LogP contribution >= 0.6 is 0 Å². The van der Waals surface area contributed by atoms with Crippen molar-refractivity contribution in [1.29, 1.82) is 0 Å². The Morgan fingerprint density at radius 3 is 2.45 bits per heavy atom. The van der Waals surface area contributed by atoms with E-state index in [-0.39, 0.29) is 17.9 Å². The molecule has 1 aromatic carbocycles. The van der Waals surface area contributed by atoms with Gasteiger partial charge < -0.3 is 20.7 Å². The first kappa shape index (κ1) is 18.3. The van der Waals surface area contributed by atoms with Crippen LogP contribution in [0.4, 0.5) is 0 Å². The summed E-state index contributed by atoms with van der Waals surface area (Å²) >= 11 is 0. The molecule has 0 saturated heterocycles. The molecule has 1 amide bonds. The summed E-state index contributed by atoms with van der Waals surface area (Å²) in [5.74, 6) is -0.619. The van der Waals surface area contributed by atoms with Crippen molar-refractivity contribution in [2.45, 2.75) is 57.5 Å². The van der Waals surface area contributed by atoms with Crippen LogP contribution in [0.1, 0.15) is 57.4 Å². The minimum atomic E-state index is -1.73. The lowest BCUT2D eigenvalue weighted by atomic mass is 9.87. The van der Waals surface area contributed by atoms with Crippen molar-refractivity contribution >= 4 is 5.91 Å². The molecule has 0 spiro atoms. The van der Waals surface area contributed by atoms with Gasteiger partial charge in [-0.15, -0.1) is 0 Å². The van der Waals surface area contributed by atoms with Crippen LogP contribution in [0.2, 0.25) is 0 Å². The molecule has 0 heterocycles. The molecule has 1 rings (SSSR count). The van der Waals surface area contributed by atoms with Gasteiger partial charge in [-0.25, -0.2) is 0 Å². The number of carbonyl (C=O) groups excluding carboxylic acids is 1. The molecular weight excluding hydrogens is 282 g/mol. The van der Waals surface area contributed by atoms with Crippen molar-refractivity contribution in [2.24, 2.45) is 5.73 Å². The topological polar surface area (TPSA) is 92.8 Å². The highest BCUT2D eigenvalue weighted by molar-refractivity contribution is 5.84. The predicted octanol–water partition coefficient (Wildman–Crippen LogP) is 2.82. The number of phenolic OH excluding ortho intramolecular Hbond substituents is 1. The van der Waals surface area contributed by atoms with Crippen LogP contribution in [0.15, 0.2) is 18.2 Å². The number of rotatable bonds is 10. The monoisotopic (exact) mass is 309 g/mol. The first-order chi connectivity index (χ1) is 10.5. The lowest BCUT2D eigenvalue weighted by molar-refractivity contribution is -0.138. The molecule has 0 aliphatic carbocycles. The van der Waals surface area contributed by atoms with Crippen molar-refractivity contribution in [3.63, 3.8) is 0 Å². The van der Waals surface area contributed by atoms with Gasteiger partial charge in [-0.3, -0.25) is 4.79 Å². The number of primary amides is 1. The lowest BCUT2D eigenvalue weighted by Gasteiger charge is -2.25. The molecule has 22 heavy (non-hydrogen) atoms. The fraction of sp³-hybridized carbons (Fsp3) is 0.588. The third-order valence-corrected chi connectivity index (χ3v) is 3.96. The number of hydrogen-bond acceptors (Lipinski definition) is 4. The third kappa shape index (κ3) is 4.63. The summed E-state index contributed by atoms with van der Waals surface area (Å²) in [6.07, 6.45) is 6.56. The van der Waals surface area contributed by atoms with Crippen molar-refractivity contribution in [1.82, 2.24) is 0 Å². The highest BCUT2D eigenvalue weighted by Gasteiger charge is 2.36. The summed E-state index contributed by atoms with van der Waals surface area (Å²) in [6.45, 7) is 2.16. The second-order valence-electron chi connectivity index (χ2n) is 5.63. The van der Waals surface area contributed by atoms with Crippen LogP contribution < -0.4 is 10.5 Å². The van der Waals surface area contributed by atoms with E-state index in [0.29, 0.717) is 12.0 Å². The van der Waals surface area contributed by atoms with Crippen LogP contribution in [-0.2, 0) is 10.4 Å². The Hall–Kier alpha value is -1.75. The summed E-state index contributed by atoms with van der Waals surface area (Å²) in [4.78, 5) is 11.7. The van der Waals surface area contributed by atoms with Gasteiger partial charge in [0.25, 0.3) is 5.91 Å². The third-order valence-electron chi connectivity index (χ3n) is 3.96. The number of ether oxygens (including phenoxy) is 1. The van der Waals surface area contributed by atoms with Crippen LogP contribution in [0.3, 0.4) is 0 Å². The number of benzene rings is 1. The van der Waals surface area contributed by atoms with E-state index in [4.69, 9.17) is 10.5 Å². The largest absolute Gasteiger partial charge is 0.504 e. The van der Waals surface area contributed by atoms with Gasteiger partial charge in [-0.05, 0) is 30.5 Å². The maximum Gasteiger partial charge on any atom is 0.254 e. The highest BCUT2D eigenvalue weighted by Crippen LogP contribution is 2.34.